The lowest BCUT2D eigenvalue weighted by atomic mass is 10.2. The van der Waals surface area contributed by atoms with Crippen molar-refractivity contribution in [1.82, 2.24) is 5.32 Å². The fourth-order valence-corrected chi connectivity index (χ4v) is 3.03. The Morgan fingerprint density at radius 2 is 1.92 bits per heavy atom. The first-order valence-electron chi connectivity index (χ1n) is 7.82. The van der Waals surface area contributed by atoms with Gasteiger partial charge in [-0.05, 0) is 54.5 Å². The normalized spacial score (nSPS) is 13.9. The minimum absolute atomic E-state index is 0.188. The van der Waals surface area contributed by atoms with Crippen LogP contribution in [0, 0.1) is 0 Å². The molecule has 0 spiro atoms. The van der Waals surface area contributed by atoms with Crippen molar-refractivity contribution in [3.05, 3.63) is 59.1 Å². The van der Waals surface area contributed by atoms with Crippen molar-refractivity contribution < 1.29 is 4.79 Å². The fourth-order valence-electron chi connectivity index (χ4n) is 2.64. The van der Waals surface area contributed by atoms with E-state index >= 15 is 0 Å². The lowest BCUT2D eigenvalue weighted by Crippen LogP contribution is -2.28. The van der Waals surface area contributed by atoms with Crippen LogP contribution < -0.4 is 15.5 Å². The fraction of sp³-hybridized carbons (Fsp3) is 0.222. The van der Waals surface area contributed by atoms with E-state index in [1.807, 2.05) is 53.4 Å². The highest BCUT2D eigenvalue weighted by Gasteiger charge is 2.21. The molecule has 1 heterocycles. The molecule has 2 aromatic rings. The molecule has 24 heavy (non-hydrogen) atoms. The van der Waals surface area contributed by atoms with Crippen LogP contribution in [-0.4, -0.2) is 17.6 Å². The summed E-state index contributed by atoms with van der Waals surface area (Å²) in [5, 5.41) is 7.51. The van der Waals surface area contributed by atoms with Crippen LogP contribution in [-0.2, 0) is 11.3 Å². The van der Waals surface area contributed by atoms with Gasteiger partial charge in [0, 0.05) is 35.9 Å². The molecule has 0 aromatic heterocycles. The molecule has 0 unspecified atom stereocenters. The number of hydrogen-bond acceptors (Lipinski definition) is 2. The van der Waals surface area contributed by atoms with Crippen molar-refractivity contribution in [3.63, 3.8) is 0 Å². The third-order valence-electron chi connectivity index (χ3n) is 3.91. The van der Waals surface area contributed by atoms with Gasteiger partial charge in [0.05, 0.1) is 0 Å². The van der Waals surface area contributed by atoms with E-state index in [9.17, 15) is 4.79 Å². The zero-order valence-corrected chi connectivity index (χ0v) is 14.7. The first-order valence-corrected chi connectivity index (χ1v) is 8.61. The summed E-state index contributed by atoms with van der Waals surface area (Å²) in [4.78, 5) is 13.6. The Morgan fingerprint density at radius 1 is 1.17 bits per heavy atom. The van der Waals surface area contributed by atoms with E-state index in [1.54, 1.807) is 0 Å². The molecule has 2 aromatic carbocycles. The lowest BCUT2D eigenvalue weighted by molar-refractivity contribution is -0.117. The van der Waals surface area contributed by atoms with E-state index in [4.69, 9.17) is 23.8 Å². The molecule has 4 nitrogen and oxygen atoms in total. The van der Waals surface area contributed by atoms with E-state index < -0.39 is 0 Å². The average Bonchev–Trinajstić information content (AvgIpc) is 3.01. The Balaban J connectivity index is 1.55. The molecule has 1 fully saturated rings. The van der Waals surface area contributed by atoms with Crippen molar-refractivity contribution in [2.24, 2.45) is 0 Å². The van der Waals surface area contributed by atoms with Gasteiger partial charge in [-0.3, -0.25) is 4.79 Å². The predicted octanol–water partition coefficient (Wildman–Crippen LogP) is 3.95. The van der Waals surface area contributed by atoms with Crippen molar-refractivity contribution in [2.45, 2.75) is 19.4 Å². The zero-order valence-electron chi connectivity index (χ0n) is 13.1. The largest absolute Gasteiger partial charge is 0.358 e. The number of benzene rings is 2. The van der Waals surface area contributed by atoms with Gasteiger partial charge < -0.3 is 15.5 Å². The molecule has 0 radical (unpaired) electrons. The van der Waals surface area contributed by atoms with Crippen molar-refractivity contribution in [1.29, 1.82) is 0 Å². The monoisotopic (exact) mass is 359 g/mol. The second kappa shape index (κ2) is 7.64. The molecule has 1 amide bonds. The van der Waals surface area contributed by atoms with E-state index in [0.717, 1.165) is 29.9 Å². The van der Waals surface area contributed by atoms with Gasteiger partial charge >= 0.3 is 0 Å². The number of carbonyl (C=O) groups excluding carboxylic acids is 1. The Kier molecular flexibility index (Phi) is 5.33. The number of carbonyl (C=O) groups is 1. The standard InChI is InChI=1S/C18H18ClN3OS/c19-16-5-2-1-4-13(16)12-20-18(24)21-14-7-9-15(10-8-14)22-11-3-6-17(22)23/h1-2,4-5,7-10H,3,6,11-12H2,(H2,20,21,24). The maximum absolute atomic E-state index is 11.8. The third-order valence-corrected chi connectivity index (χ3v) is 4.52. The number of rotatable bonds is 4. The van der Waals surface area contributed by atoms with E-state index in [-0.39, 0.29) is 5.91 Å². The minimum atomic E-state index is 0.188. The number of hydrogen-bond donors (Lipinski definition) is 2. The average molecular weight is 360 g/mol. The SMILES string of the molecule is O=C1CCCN1c1ccc(NC(=S)NCc2ccccc2Cl)cc1. The Morgan fingerprint density at radius 3 is 2.58 bits per heavy atom. The quantitative estimate of drug-likeness (QED) is 0.811. The zero-order chi connectivity index (χ0) is 16.9. The molecular weight excluding hydrogens is 342 g/mol. The molecule has 0 saturated carbocycles. The summed E-state index contributed by atoms with van der Waals surface area (Å²) in [6.45, 7) is 1.36. The van der Waals surface area contributed by atoms with E-state index in [0.29, 0.717) is 23.1 Å². The highest BCUT2D eigenvalue weighted by atomic mass is 35.5. The van der Waals surface area contributed by atoms with Crippen LogP contribution in [0.4, 0.5) is 11.4 Å². The number of anilines is 2. The molecule has 6 heteroatoms. The molecule has 3 rings (SSSR count). The second-order valence-electron chi connectivity index (χ2n) is 5.59. The van der Waals surface area contributed by atoms with Gasteiger partial charge in [0.1, 0.15) is 0 Å². The lowest BCUT2D eigenvalue weighted by Gasteiger charge is -2.16. The Bertz CT molecular complexity index is 748. The number of amides is 1. The van der Waals surface area contributed by atoms with E-state index in [1.165, 1.54) is 0 Å². The molecule has 2 N–H and O–H groups in total. The number of nitrogens with zero attached hydrogens (tertiary/aromatic N) is 1. The van der Waals surface area contributed by atoms with Crippen molar-refractivity contribution in [3.8, 4) is 0 Å². The van der Waals surface area contributed by atoms with Crippen LogP contribution >= 0.6 is 23.8 Å². The molecule has 0 atom stereocenters. The highest BCUT2D eigenvalue weighted by Crippen LogP contribution is 2.23. The molecule has 124 valence electrons. The van der Waals surface area contributed by atoms with E-state index in [2.05, 4.69) is 10.6 Å². The predicted molar refractivity (Wildman–Crippen MR) is 103 cm³/mol. The van der Waals surface area contributed by atoms with Crippen LogP contribution in [0.3, 0.4) is 0 Å². The Hall–Kier alpha value is -2.11. The summed E-state index contributed by atoms with van der Waals surface area (Å²) in [6.07, 6.45) is 1.56. The Labute approximate surface area is 151 Å². The van der Waals surface area contributed by atoms with Gasteiger partial charge in [0.25, 0.3) is 0 Å². The third kappa shape index (κ3) is 4.04. The van der Waals surface area contributed by atoms with Crippen LogP contribution in [0.5, 0.6) is 0 Å². The second-order valence-corrected chi connectivity index (χ2v) is 6.41. The summed E-state index contributed by atoms with van der Waals surface area (Å²) in [7, 11) is 0. The molecule has 1 saturated heterocycles. The summed E-state index contributed by atoms with van der Waals surface area (Å²) in [5.41, 5.74) is 2.80. The molecular formula is C18H18ClN3OS. The van der Waals surface area contributed by atoms with Crippen molar-refractivity contribution >= 4 is 46.2 Å². The van der Waals surface area contributed by atoms with Crippen LogP contribution in [0.2, 0.25) is 5.02 Å². The minimum Gasteiger partial charge on any atom is -0.358 e. The molecule has 0 bridgehead atoms. The van der Waals surface area contributed by atoms with Gasteiger partial charge in [0.2, 0.25) is 5.91 Å². The number of halogens is 1. The van der Waals surface area contributed by atoms with Gasteiger partial charge in [-0.15, -0.1) is 0 Å². The smallest absolute Gasteiger partial charge is 0.227 e. The van der Waals surface area contributed by atoms with Crippen molar-refractivity contribution in [2.75, 3.05) is 16.8 Å². The number of nitrogens with one attached hydrogen (secondary N) is 2. The summed E-state index contributed by atoms with van der Waals surface area (Å²) in [6, 6.07) is 15.4. The molecule has 1 aliphatic heterocycles. The first kappa shape index (κ1) is 16.7. The summed E-state index contributed by atoms with van der Waals surface area (Å²) < 4.78 is 0. The van der Waals surface area contributed by atoms with Gasteiger partial charge in [-0.1, -0.05) is 29.8 Å². The number of thiocarbonyl (C=S) groups is 1. The van der Waals surface area contributed by atoms with Gasteiger partial charge in [-0.25, -0.2) is 0 Å². The van der Waals surface area contributed by atoms with Gasteiger partial charge in [0.15, 0.2) is 5.11 Å². The maximum Gasteiger partial charge on any atom is 0.227 e. The molecule has 1 aliphatic rings. The summed E-state index contributed by atoms with van der Waals surface area (Å²) in [5.74, 6) is 0.188. The highest BCUT2D eigenvalue weighted by molar-refractivity contribution is 7.80. The molecule has 0 aliphatic carbocycles. The van der Waals surface area contributed by atoms with Crippen LogP contribution in [0.15, 0.2) is 48.5 Å². The maximum atomic E-state index is 11.8. The van der Waals surface area contributed by atoms with Crippen LogP contribution in [0.25, 0.3) is 0 Å². The summed E-state index contributed by atoms with van der Waals surface area (Å²) >= 11 is 11.4. The van der Waals surface area contributed by atoms with Gasteiger partial charge in [-0.2, -0.15) is 0 Å². The van der Waals surface area contributed by atoms with Crippen LogP contribution in [0.1, 0.15) is 18.4 Å². The first-order chi connectivity index (χ1) is 11.6. The topological polar surface area (TPSA) is 44.4 Å².